The monoisotopic (exact) mass is 288 g/mol. The summed E-state index contributed by atoms with van der Waals surface area (Å²) in [6.45, 7) is 2.26. The fourth-order valence-electron chi connectivity index (χ4n) is 1.72. The molecule has 0 radical (unpaired) electrons. The number of hydrogen-bond acceptors (Lipinski definition) is 2. The van der Waals surface area contributed by atoms with Gasteiger partial charge >= 0.3 is 0 Å². The van der Waals surface area contributed by atoms with Gasteiger partial charge in [-0.05, 0) is 47.0 Å². The van der Waals surface area contributed by atoms with E-state index in [4.69, 9.17) is 9.47 Å². The van der Waals surface area contributed by atoms with Crippen LogP contribution in [0.15, 0.2) is 22.7 Å². The molecule has 1 aliphatic rings. The van der Waals surface area contributed by atoms with Crippen molar-refractivity contribution < 1.29 is 13.9 Å². The van der Waals surface area contributed by atoms with Crippen LogP contribution >= 0.6 is 15.9 Å². The Kier molecular flexibility index (Phi) is 4.18. The van der Waals surface area contributed by atoms with Gasteiger partial charge in [0.2, 0.25) is 0 Å². The molecule has 0 N–H and O–H groups in total. The van der Waals surface area contributed by atoms with Crippen LogP contribution in [-0.2, 0) is 4.74 Å². The topological polar surface area (TPSA) is 18.5 Å². The van der Waals surface area contributed by atoms with Gasteiger partial charge in [-0.25, -0.2) is 4.39 Å². The fraction of sp³-hybridized carbons (Fsp3) is 0.500. The lowest BCUT2D eigenvalue weighted by atomic mass is 10.0. The third kappa shape index (κ3) is 3.19. The highest BCUT2D eigenvalue weighted by Crippen LogP contribution is 2.23. The van der Waals surface area contributed by atoms with Crippen LogP contribution in [0.4, 0.5) is 4.39 Å². The number of halogens is 2. The maximum Gasteiger partial charge on any atom is 0.137 e. The van der Waals surface area contributed by atoms with Crippen LogP contribution in [0.25, 0.3) is 0 Å². The van der Waals surface area contributed by atoms with E-state index in [0.29, 0.717) is 22.7 Å². The Morgan fingerprint density at radius 3 is 3.06 bits per heavy atom. The molecule has 1 aromatic rings. The van der Waals surface area contributed by atoms with Crippen molar-refractivity contribution in [2.24, 2.45) is 5.92 Å². The molecule has 0 saturated carbocycles. The Hall–Kier alpha value is -0.610. The maximum absolute atomic E-state index is 13.0. The zero-order chi connectivity index (χ0) is 11.4. The highest BCUT2D eigenvalue weighted by atomic mass is 79.9. The predicted octanol–water partition coefficient (Wildman–Crippen LogP) is 3.39. The van der Waals surface area contributed by atoms with E-state index in [2.05, 4.69) is 15.9 Å². The van der Waals surface area contributed by atoms with Crippen LogP contribution in [-0.4, -0.2) is 19.8 Å². The Labute approximate surface area is 103 Å². The summed E-state index contributed by atoms with van der Waals surface area (Å²) < 4.78 is 24.4. The second-order valence-electron chi connectivity index (χ2n) is 3.97. The van der Waals surface area contributed by atoms with Crippen molar-refractivity contribution in [2.75, 3.05) is 19.8 Å². The molecular weight excluding hydrogens is 275 g/mol. The third-order valence-electron chi connectivity index (χ3n) is 2.63. The van der Waals surface area contributed by atoms with Crippen molar-refractivity contribution >= 4 is 15.9 Å². The lowest BCUT2D eigenvalue weighted by Gasteiger charge is -2.22. The number of benzene rings is 1. The average molecular weight is 289 g/mol. The van der Waals surface area contributed by atoms with Crippen LogP contribution in [0.2, 0.25) is 0 Å². The summed E-state index contributed by atoms with van der Waals surface area (Å²) in [7, 11) is 0. The lowest BCUT2D eigenvalue weighted by Crippen LogP contribution is -2.23. The molecule has 1 heterocycles. The molecule has 1 aliphatic heterocycles. The third-order valence-corrected chi connectivity index (χ3v) is 3.24. The first-order valence-corrected chi connectivity index (χ1v) is 6.20. The molecule has 2 nitrogen and oxygen atoms in total. The summed E-state index contributed by atoms with van der Waals surface area (Å²) in [6.07, 6.45) is 2.24. The minimum atomic E-state index is -0.270. The van der Waals surface area contributed by atoms with Gasteiger partial charge in [-0.1, -0.05) is 0 Å². The molecule has 16 heavy (non-hydrogen) atoms. The Morgan fingerprint density at radius 1 is 1.50 bits per heavy atom. The van der Waals surface area contributed by atoms with Crippen molar-refractivity contribution in [3.05, 3.63) is 28.5 Å². The molecular formula is C12H14BrFO2. The Balaban J connectivity index is 1.86. The van der Waals surface area contributed by atoms with E-state index in [9.17, 15) is 4.39 Å². The minimum Gasteiger partial charge on any atom is -0.493 e. The SMILES string of the molecule is Fc1ccc(OCC2CCCOC2)cc1Br. The zero-order valence-corrected chi connectivity index (χ0v) is 10.5. The smallest absolute Gasteiger partial charge is 0.137 e. The van der Waals surface area contributed by atoms with Crippen LogP contribution < -0.4 is 4.74 Å². The van der Waals surface area contributed by atoms with E-state index in [-0.39, 0.29) is 5.82 Å². The first-order chi connectivity index (χ1) is 7.75. The lowest BCUT2D eigenvalue weighted by molar-refractivity contribution is 0.0351. The first-order valence-electron chi connectivity index (χ1n) is 5.41. The van der Waals surface area contributed by atoms with Gasteiger partial charge in [0, 0.05) is 12.5 Å². The van der Waals surface area contributed by atoms with Crippen molar-refractivity contribution in [2.45, 2.75) is 12.8 Å². The molecule has 0 amide bonds. The van der Waals surface area contributed by atoms with E-state index >= 15 is 0 Å². The second-order valence-corrected chi connectivity index (χ2v) is 4.82. The predicted molar refractivity (Wildman–Crippen MR) is 63.1 cm³/mol. The molecule has 1 atom stereocenters. The molecule has 4 heteroatoms. The molecule has 1 saturated heterocycles. The maximum atomic E-state index is 13.0. The van der Waals surface area contributed by atoms with Crippen LogP contribution in [0, 0.1) is 11.7 Å². The van der Waals surface area contributed by atoms with Crippen LogP contribution in [0.5, 0.6) is 5.75 Å². The summed E-state index contributed by atoms with van der Waals surface area (Å²) in [5, 5.41) is 0. The van der Waals surface area contributed by atoms with Gasteiger partial charge in [0.15, 0.2) is 0 Å². The number of rotatable bonds is 3. The first kappa shape index (κ1) is 11.9. The average Bonchev–Trinajstić information content (AvgIpc) is 2.32. The van der Waals surface area contributed by atoms with E-state index in [1.807, 2.05) is 0 Å². The molecule has 0 aliphatic carbocycles. The van der Waals surface area contributed by atoms with Crippen molar-refractivity contribution in [1.29, 1.82) is 0 Å². The molecule has 88 valence electrons. The molecule has 0 aromatic heterocycles. The molecule has 0 bridgehead atoms. The highest BCUT2D eigenvalue weighted by Gasteiger charge is 2.14. The van der Waals surface area contributed by atoms with E-state index < -0.39 is 0 Å². The second kappa shape index (κ2) is 5.64. The largest absolute Gasteiger partial charge is 0.493 e. The van der Waals surface area contributed by atoms with Crippen molar-refractivity contribution in [3.8, 4) is 5.75 Å². The van der Waals surface area contributed by atoms with Crippen molar-refractivity contribution in [3.63, 3.8) is 0 Å². The number of hydrogen-bond donors (Lipinski definition) is 0. The van der Waals surface area contributed by atoms with Gasteiger partial charge in [-0.3, -0.25) is 0 Å². The van der Waals surface area contributed by atoms with Gasteiger partial charge in [0.1, 0.15) is 11.6 Å². The molecule has 1 aromatic carbocycles. The summed E-state index contributed by atoms with van der Waals surface area (Å²) in [4.78, 5) is 0. The quantitative estimate of drug-likeness (QED) is 0.849. The Morgan fingerprint density at radius 2 is 2.38 bits per heavy atom. The molecule has 1 unspecified atom stereocenters. The normalized spacial score (nSPS) is 20.8. The van der Waals surface area contributed by atoms with Crippen LogP contribution in [0.3, 0.4) is 0 Å². The van der Waals surface area contributed by atoms with Crippen molar-refractivity contribution in [1.82, 2.24) is 0 Å². The van der Waals surface area contributed by atoms with Gasteiger partial charge in [0.05, 0.1) is 17.7 Å². The molecule has 2 rings (SSSR count). The summed E-state index contributed by atoms with van der Waals surface area (Å²) in [5.74, 6) is 0.879. The van der Waals surface area contributed by atoms with Gasteiger partial charge < -0.3 is 9.47 Å². The van der Waals surface area contributed by atoms with Gasteiger partial charge in [-0.2, -0.15) is 0 Å². The van der Waals surface area contributed by atoms with E-state index in [1.54, 1.807) is 12.1 Å². The fourth-order valence-corrected chi connectivity index (χ4v) is 2.08. The van der Waals surface area contributed by atoms with Gasteiger partial charge in [-0.15, -0.1) is 0 Å². The molecule has 1 fully saturated rings. The zero-order valence-electron chi connectivity index (χ0n) is 8.92. The van der Waals surface area contributed by atoms with E-state index in [0.717, 1.165) is 26.1 Å². The standard InChI is InChI=1S/C12H14BrFO2/c13-11-6-10(3-4-12(11)14)16-8-9-2-1-5-15-7-9/h3-4,6,9H,1-2,5,7-8H2. The minimum absolute atomic E-state index is 0.270. The summed E-state index contributed by atoms with van der Waals surface area (Å²) in [6, 6.07) is 4.69. The molecule has 0 spiro atoms. The van der Waals surface area contributed by atoms with E-state index in [1.165, 1.54) is 6.07 Å². The Bertz CT molecular complexity index is 351. The highest BCUT2D eigenvalue weighted by molar-refractivity contribution is 9.10. The summed E-state index contributed by atoms with van der Waals surface area (Å²) >= 11 is 3.13. The van der Waals surface area contributed by atoms with Gasteiger partial charge in [0.25, 0.3) is 0 Å². The van der Waals surface area contributed by atoms with Crippen LogP contribution in [0.1, 0.15) is 12.8 Å². The summed E-state index contributed by atoms with van der Waals surface area (Å²) in [5.41, 5.74) is 0. The number of ether oxygens (including phenoxy) is 2.